The number of hydrogen-bond acceptors (Lipinski definition) is 4. The van der Waals surface area contributed by atoms with Gasteiger partial charge in [-0.15, -0.1) is 10.2 Å². The fourth-order valence-electron chi connectivity index (χ4n) is 3.45. The van der Waals surface area contributed by atoms with Crippen molar-refractivity contribution in [1.82, 2.24) is 24.6 Å². The summed E-state index contributed by atoms with van der Waals surface area (Å²) in [6.45, 7) is 2.86. The number of aromatic nitrogens is 4. The van der Waals surface area contributed by atoms with E-state index in [-0.39, 0.29) is 11.9 Å². The average Bonchev–Trinajstić information content (AvgIpc) is 3.33. The van der Waals surface area contributed by atoms with E-state index in [9.17, 15) is 4.79 Å². The SMILES string of the molecule is Cc1ccccc1[C@@H]1CCCN1C(=O)c1cccc(-n2cnnc2)n1. The minimum atomic E-state index is -0.0272. The summed E-state index contributed by atoms with van der Waals surface area (Å²) in [6.07, 6.45) is 5.14. The summed E-state index contributed by atoms with van der Waals surface area (Å²) in [5, 5.41) is 7.58. The van der Waals surface area contributed by atoms with E-state index >= 15 is 0 Å². The van der Waals surface area contributed by atoms with Gasteiger partial charge in [-0.05, 0) is 43.0 Å². The minimum absolute atomic E-state index is 0.0272. The molecule has 4 rings (SSSR count). The predicted molar refractivity (Wildman–Crippen MR) is 93.3 cm³/mol. The first-order chi connectivity index (χ1) is 12.2. The van der Waals surface area contributed by atoms with Gasteiger partial charge >= 0.3 is 0 Å². The molecule has 1 aliphatic rings. The van der Waals surface area contributed by atoms with Gasteiger partial charge < -0.3 is 4.90 Å². The van der Waals surface area contributed by atoms with Crippen molar-refractivity contribution in [2.45, 2.75) is 25.8 Å². The van der Waals surface area contributed by atoms with Crippen LogP contribution in [0.25, 0.3) is 5.82 Å². The highest BCUT2D eigenvalue weighted by atomic mass is 16.2. The number of carbonyl (C=O) groups excluding carboxylic acids is 1. The van der Waals surface area contributed by atoms with Gasteiger partial charge in [-0.2, -0.15) is 0 Å². The Morgan fingerprint density at radius 2 is 1.88 bits per heavy atom. The molecular formula is C19H19N5O. The lowest BCUT2D eigenvalue weighted by Crippen LogP contribution is -2.31. The Bertz CT molecular complexity index is 890. The summed E-state index contributed by atoms with van der Waals surface area (Å²) in [6, 6.07) is 13.8. The quantitative estimate of drug-likeness (QED) is 0.739. The van der Waals surface area contributed by atoms with E-state index in [1.165, 1.54) is 11.1 Å². The fourth-order valence-corrected chi connectivity index (χ4v) is 3.45. The molecule has 1 amide bonds. The zero-order chi connectivity index (χ0) is 17.2. The molecule has 0 aliphatic carbocycles. The fraction of sp³-hybridized carbons (Fsp3) is 0.263. The molecule has 0 radical (unpaired) electrons. The minimum Gasteiger partial charge on any atom is -0.330 e. The van der Waals surface area contributed by atoms with E-state index in [2.05, 4.69) is 34.2 Å². The lowest BCUT2D eigenvalue weighted by atomic mass is 9.99. The van der Waals surface area contributed by atoms with Gasteiger partial charge in [-0.3, -0.25) is 9.36 Å². The first-order valence-corrected chi connectivity index (χ1v) is 8.42. The van der Waals surface area contributed by atoms with Crippen molar-refractivity contribution in [3.05, 3.63) is 71.9 Å². The normalized spacial score (nSPS) is 17.0. The first-order valence-electron chi connectivity index (χ1n) is 8.42. The lowest BCUT2D eigenvalue weighted by Gasteiger charge is -2.26. The Morgan fingerprint density at radius 1 is 1.08 bits per heavy atom. The number of benzene rings is 1. The molecule has 126 valence electrons. The average molecular weight is 333 g/mol. The second kappa shape index (κ2) is 6.47. The Hall–Kier alpha value is -3.02. The predicted octanol–water partition coefficient (Wildman–Crippen LogP) is 2.95. The van der Waals surface area contributed by atoms with E-state index in [1.54, 1.807) is 23.3 Å². The molecular weight excluding hydrogens is 314 g/mol. The van der Waals surface area contributed by atoms with Gasteiger partial charge in [-0.1, -0.05) is 30.3 Å². The van der Waals surface area contributed by atoms with Crippen molar-refractivity contribution in [3.63, 3.8) is 0 Å². The summed E-state index contributed by atoms with van der Waals surface area (Å²) in [7, 11) is 0. The van der Waals surface area contributed by atoms with Crippen LogP contribution in [0.4, 0.5) is 0 Å². The van der Waals surface area contributed by atoms with Crippen LogP contribution in [0.1, 0.15) is 40.5 Å². The second-order valence-corrected chi connectivity index (χ2v) is 6.26. The number of likely N-dealkylation sites (tertiary alicyclic amines) is 1. The third kappa shape index (κ3) is 2.91. The number of pyridine rings is 1. The number of carbonyl (C=O) groups is 1. The van der Waals surface area contributed by atoms with Gasteiger partial charge in [0.25, 0.3) is 5.91 Å². The maximum absolute atomic E-state index is 13.1. The zero-order valence-electron chi connectivity index (χ0n) is 14.0. The molecule has 0 unspecified atom stereocenters. The molecule has 1 fully saturated rings. The molecule has 3 heterocycles. The van der Waals surface area contributed by atoms with Crippen LogP contribution in [0.15, 0.2) is 55.1 Å². The Balaban J connectivity index is 1.64. The smallest absolute Gasteiger partial charge is 0.273 e. The van der Waals surface area contributed by atoms with Crippen molar-refractivity contribution >= 4 is 5.91 Å². The van der Waals surface area contributed by atoms with Crippen molar-refractivity contribution in [3.8, 4) is 5.82 Å². The summed E-state index contributed by atoms with van der Waals surface area (Å²) < 4.78 is 1.69. The van der Waals surface area contributed by atoms with Crippen molar-refractivity contribution < 1.29 is 4.79 Å². The molecule has 0 spiro atoms. The molecule has 3 aromatic rings. The van der Waals surface area contributed by atoms with Crippen LogP contribution in [-0.4, -0.2) is 37.1 Å². The van der Waals surface area contributed by atoms with Crippen LogP contribution in [0.5, 0.6) is 0 Å². The second-order valence-electron chi connectivity index (χ2n) is 6.26. The topological polar surface area (TPSA) is 63.9 Å². The van der Waals surface area contributed by atoms with Crippen LogP contribution >= 0.6 is 0 Å². The largest absolute Gasteiger partial charge is 0.330 e. The maximum atomic E-state index is 13.1. The molecule has 6 heteroatoms. The number of amides is 1. The number of aryl methyl sites for hydroxylation is 1. The lowest BCUT2D eigenvalue weighted by molar-refractivity contribution is 0.0729. The van der Waals surface area contributed by atoms with E-state index in [0.717, 1.165) is 19.4 Å². The van der Waals surface area contributed by atoms with Gasteiger partial charge in [0.1, 0.15) is 24.2 Å². The van der Waals surface area contributed by atoms with E-state index in [4.69, 9.17) is 0 Å². The molecule has 0 N–H and O–H groups in total. The van der Waals surface area contributed by atoms with Crippen molar-refractivity contribution in [2.24, 2.45) is 0 Å². The van der Waals surface area contributed by atoms with Gasteiger partial charge in [0.2, 0.25) is 0 Å². The van der Waals surface area contributed by atoms with E-state index in [0.29, 0.717) is 11.5 Å². The van der Waals surface area contributed by atoms with Gasteiger partial charge in [0, 0.05) is 6.54 Å². The number of hydrogen-bond donors (Lipinski definition) is 0. The molecule has 2 aromatic heterocycles. The van der Waals surface area contributed by atoms with Gasteiger partial charge in [-0.25, -0.2) is 4.98 Å². The van der Waals surface area contributed by atoms with Crippen LogP contribution < -0.4 is 0 Å². The van der Waals surface area contributed by atoms with Crippen LogP contribution in [0.2, 0.25) is 0 Å². The highest BCUT2D eigenvalue weighted by molar-refractivity contribution is 5.93. The summed E-state index contributed by atoms with van der Waals surface area (Å²) >= 11 is 0. The third-order valence-electron chi connectivity index (χ3n) is 4.70. The molecule has 0 saturated carbocycles. The third-order valence-corrected chi connectivity index (χ3v) is 4.70. The number of nitrogens with zero attached hydrogens (tertiary/aromatic N) is 5. The van der Waals surface area contributed by atoms with Crippen LogP contribution in [-0.2, 0) is 0 Å². The Kier molecular flexibility index (Phi) is 4.01. The standard InChI is InChI=1S/C19H19N5O/c1-14-6-2-3-7-15(14)17-9-5-11-24(17)19(25)16-8-4-10-18(22-16)23-12-20-21-13-23/h2-4,6-8,10,12-13,17H,5,9,11H2,1H3/t17-/m0/s1. The molecule has 0 bridgehead atoms. The Labute approximate surface area is 146 Å². The van der Waals surface area contributed by atoms with E-state index < -0.39 is 0 Å². The molecule has 1 atom stereocenters. The highest BCUT2D eigenvalue weighted by Gasteiger charge is 2.32. The van der Waals surface area contributed by atoms with Crippen LogP contribution in [0, 0.1) is 6.92 Å². The molecule has 1 aromatic carbocycles. The maximum Gasteiger partial charge on any atom is 0.273 e. The summed E-state index contributed by atoms with van der Waals surface area (Å²) in [4.78, 5) is 19.5. The van der Waals surface area contributed by atoms with Gasteiger partial charge in [0.15, 0.2) is 0 Å². The van der Waals surface area contributed by atoms with Crippen molar-refractivity contribution in [1.29, 1.82) is 0 Å². The van der Waals surface area contributed by atoms with Crippen LogP contribution in [0.3, 0.4) is 0 Å². The van der Waals surface area contributed by atoms with Gasteiger partial charge in [0.05, 0.1) is 6.04 Å². The monoisotopic (exact) mass is 333 g/mol. The first kappa shape index (κ1) is 15.5. The molecule has 6 nitrogen and oxygen atoms in total. The summed E-state index contributed by atoms with van der Waals surface area (Å²) in [5.41, 5.74) is 2.90. The molecule has 1 aliphatic heterocycles. The zero-order valence-corrected chi connectivity index (χ0v) is 14.0. The number of rotatable bonds is 3. The van der Waals surface area contributed by atoms with E-state index in [1.807, 2.05) is 29.2 Å². The molecule has 1 saturated heterocycles. The Morgan fingerprint density at radius 3 is 2.68 bits per heavy atom. The highest BCUT2D eigenvalue weighted by Crippen LogP contribution is 2.34. The molecule has 25 heavy (non-hydrogen) atoms. The van der Waals surface area contributed by atoms with Crippen molar-refractivity contribution in [2.75, 3.05) is 6.54 Å². The summed E-state index contributed by atoms with van der Waals surface area (Å²) in [5.74, 6) is 0.614.